The van der Waals surface area contributed by atoms with Crippen molar-refractivity contribution in [3.63, 3.8) is 0 Å². The second-order valence-corrected chi connectivity index (χ2v) is 8.28. The first-order valence-electron chi connectivity index (χ1n) is 7.85. The van der Waals surface area contributed by atoms with E-state index in [0.717, 1.165) is 5.69 Å². The van der Waals surface area contributed by atoms with Crippen molar-refractivity contribution in [2.75, 3.05) is 11.9 Å². The molecule has 3 N–H and O–H groups in total. The minimum Gasteiger partial charge on any atom is -0.338 e. The first kappa shape index (κ1) is 19.2. The summed E-state index contributed by atoms with van der Waals surface area (Å²) in [6.07, 6.45) is 0. The van der Waals surface area contributed by atoms with E-state index in [1.165, 1.54) is 23.1 Å². The number of nitrogens with one attached hydrogen (secondary N) is 3. The molecule has 0 aliphatic carbocycles. The Morgan fingerprint density at radius 1 is 1.16 bits per heavy atom. The summed E-state index contributed by atoms with van der Waals surface area (Å²) < 4.78 is 0.656. The number of hydrogen-bond acceptors (Lipinski definition) is 7. The van der Waals surface area contributed by atoms with Gasteiger partial charge >= 0.3 is 6.03 Å². The van der Waals surface area contributed by atoms with Gasteiger partial charge in [-0.2, -0.15) is 0 Å². The van der Waals surface area contributed by atoms with E-state index in [2.05, 4.69) is 26.1 Å². The molecule has 0 saturated heterocycles. The second-order valence-electron chi connectivity index (χ2n) is 5.72. The molecule has 2 aromatic rings. The van der Waals surface area contributed by atoms with Crippen LogP contribution in [0, 0.1) is 5.92 Å². The number of para-hydroxylation sites is 1. The van der Waals surface area contributed by atoms with Gasteiger partial charge in [0.25, 0.3) is 0 Å². The zero-order valence-corrected chi connectivity index (χ0v) is 15.9. The van der Waals surface area contributed by atoms with Gasteiger partial charge in [-0.1, -0.05) is 55.1 Å². The number of urea groups is 1. The fraction of sp³-hybridized carbons (Fsp3) is 0.375. The molecule has 7 nitrogen and oxygen atoms in total. The number of nitrogens with zero attached hydrogens (tertiary/aromatic N) is 2. The topological polar surface area (TPSA) is 96.0 Å². The molecule has 9 heteroatoms. The Hall–Kier alpha value is -2.13. The van der Waals surface area contributed by atoms with Crippen LogP contribution in [0.25, 0.3) is 0 Å². The highest BCUT2D eigenvalue weighted by molar-refractivity contribution is 8.02. The minimum atomic E-state index is -0.477. The molecule has 0 aliphatic rings. The third-order valence-corrected chi connectivity index (χ3v) is 5.01. The van der Waals surface area contributed by atoms with E-state index in [0.29, 0.717) is 21.9 Å². The predicted octanol–water partition coefficient (Wildman–Crippen LogP) is 3.24. The van der Waals surface area contributed by atoms with Crippen LogP contribution in [0.4, 0.5) is 15.6 Å². The summed E-state index contributed by atoms with van der Waals surface area (Å²) in [5.41, 5.74) is 0.919. The van der Waals surface area contributed by atoms with E-state index in [1.54, 1.807) is 6.92 Å². The average Bonchev–Trinajstić information content (AvgIpc) is 3.00. The van der Waals surface area contributed by atoms with E-state index in [9.17, 15) is 9.59 Å². The Morgan fingerprint density at radius 2 is 1.88 bits per heavy atom. The van der Waals surface area contributed by atoms with E-state index in [4.69, 9.17) is 0 Å². The Labute approximate surface area is 155 Å². The Balaban J connectivity index is 1.83. The molecule has 3 amide bonds. The van der Waals surface area contributed by atoms with Crippen molar-refractivity contribution >= 4 is 45.9 Å². The van der Waals surface area contributed by atoms with Crippen LogP contribution in [0.15, 0.2) is 34.7 Å². The minimum absolute atomic E-state index is 0.324. The highest BCUT2D eigenvalue weighted by Gasteiger charge is 2.19. The number of imide groups is 1. The zero-order chi connectivity index (χ0) is 18.2. The van der Waals surface area contributed by atoms with Crippen molar-refractivity contribution in [1.29, 1.82) is 0 Å². The molecule has 0 bridgehead atoms. The molecule has 1 atom stereocenters. The van der Waals surface area contributed by atoms with E-state index >= 15 is 0 Å². The maximum Gasteiger partial charge on any atom is 0.321 e. The number of aromatic nitrogens is 2. The SMILES string of the molecule is CC(C)CNC(=O)NC(=O)C(C)Sc1nnc(Nc2ccccc2)s1. The molecular formula is C16H21N5O2S2. The van der Waals surface area contributed by atoms with Gasteiger partial charge in [0.2, 0.25) is 11.0 Å². The monoisotopic (exact) mass is 379 g/mol. The fourth-order valence-electron chi connectivity index (χ4n) is 1.71. The molecule has 0 aliphatic heterocycles. The van der Waals surface area contributed by atoms with Crippen molar-refractivity contribution in [3.05, 3.63) is 30.3 Å². The van der Waals surface area contributed by atoms with Crippen LogP contribution in [-0.4, -0.2) is 33.9 Å². The molecule has 25 heavy (non-hydrogen) atoms. The van der Waals surface area contributed by atoms with Gasteiger partial charge in [-0.25, -0.2) is 4.79 Å². The quantitative estimate of drug-likeness (QED) is 0.639. The van der Waals surface area contributed by atoms with Crippen LogP contribution in [-0.2, 0) is 4.79 Å². The highest BCUT2D eigenvalue weighted by atomic mass is 32.2. The maximum absolute atomic E-state index is 12.0. The predicted molar refractivity (Wildman–Crippen MR) is 101 cm³/mol. The number of anilines is 2. The number of thioether (sulfide) groups is 1. The number of hydrogen-bond donors (Lipinski definition) is 3. The van der Waals surface area contributed by atoms with Crippen LogP contribution in [0.3, 0.4) is 0 Å². The lowest BCUT2D eigenvalue weighted by atomic mass is 10.2. The number of amides is 3. The highest BCUT2D eigenvalue weighted by Crippen LogP contribution is 2.30. The lowest BCUT2D eigenvalue weighted by Gasteiger charge is -2.11. The summed E-state index contributed by atoms with van der Waals surface area (Å²) >= 11 is 2.62. The van der Waals surface area contributed by atoms with Gasteiger partial charge in [-0.15, -0.1) is 10.2 Å². The molecule has 1 aromatic carbocycles. The summed E-state index contributed by atoms with van der Waals surface area (Å²) in [6, 6.07) is 9.17. The maximum atomic E-state index is 12.0. The molecule has 0 saturated carbocycles. The van der Waals surface area contributed by atoms with Crippen LogP contribution in [0.1, 0.15) is 20.8 Å². The number of carbonyl (C=O) groups is 2. The van der Waals surface area contributed by atoms with Gasteiger partial charge < -0.3 is 10.6 Å². The lowest BCUT2D eigenvalue weighted by molar-refractivity contribution is -0.119. The zero-order valence-electron chi connectivity index (χ0n) is 14.3. The van der Waals surface area contributed by atoms with Gasteiger partial charge in [0.1, 0.15) is 0 Å². The van der Waals surface area contributed by atoms with E-state index in [-0.39, 0.29) is 5.91 Å². The fourth-order valence-corrected chi connectivity index (χ4v) is 3.63. The molecule has 1 unspecified atom stereocenters. The number of rotatable bonds is 7. The standard InChI is InChI=1S/C16H21N5O2S2/c1-10(2)9-17-14(23)19-13(22)11(3)24-16-21-20-15(25-16)18-12-7-5-4-6-8-12/h4-8,10-11H,9H2,1-3H3,(H,18,20)(H2,17,19,22,23). The molecule has 1 heterocycles. The average molecular weight is 380 g/mol. The summed E-state index contributed by atoms with van der Waals surface area (Å²) in [4.78, 5) is 23.7. The molecule has 0 spiro atoms. The van der Waals surface area contributed by atoms with Crippen LogP contribution in [0.2, 0.25) is 0 Å². The summed E-state index contributed by atoms with van der Waals surface area (Å²) in [7, 11) is 0. The Kier molecular flexibility index (Phi) is 7.20. The summed E-state index contributed by atoms with van der Waals surface area (Å²) in [6.45, 7) is 6.21. The van der Waals surface area contributed by atoms with Crippen LogP contribution < -0.4 is 16.0 Å². The molecule has 1 aromatic heterocycles. The third kappa shape index (κ3) is 6.71. The molecule has 0 radical (unpaired) electrons. The lowest BCUT2D eigenvalue weighted by Crippen LogP contribution is -2.43. The second kappa shape index (κ2) is 9.38. The summed E-state index contributed by atoms with van der Waals surface area (Å²) in [5.74, 6) is -0.0383. The van der Waals surface area contributed by atoms with Gasteiger partial charge in [-0.3, -0.25) is 10.1 Å². The van der Waals surface area contributed by atoms with Crippen LogP contribution >= 0.6 is 23.1 Å². The summed E-state index contributed by atoms with van der Waals surface area (Å²) in [5, 5.41) is 16.4. The van der Waals surface area contributed by atoms with Gasteiger partial charge in [0.15, 0.2) is 4.34 Å². The molecule has 134 valence electrons. The van der Waals surface area contributed by atoms with Crippen molar-refractivity contribution in [1.82, 2.24) is 20.8 Å². The van der Waals surface area contributed by atoms with Crippen molar-refractivity contribution in [3.8, 4) is 0 Å². The van der Waals surface area contributed by atoms with Crippen molar-refractivity contribution < 1.29 is 9.59 Å². The largest absolute Gasteiger partial charge is 0.338 e. The first-order valence-corrected chi connectivity index (χ1v) is 9.54. The van der Waals surface area contributed by atoms with Crippen molar-refractivity contribution in [2.45, 2.75) is 30.4 Å². The molecule has 0 fully saturated rings. The van der Waals surface area contributed by atoms with Gasteiger partial charge in [0.05, 0.1) is 5.25 Å². The normalized spacial score (nSPS) is 11.8. The van der Waals surface area contributed by atoms with Gasteiger partial charge in [0, 0.05) is 12.2 Å². The number of benzene rings is 1. The molecule has 2 rings (SSSR count). The Morgan fingerprint density at radius 3 is 2.56 bits per heavy atom. The molecular weight excluding hydrogens is 358 g/mol. The van der Waals surface area contributed by atoms with Crippen LogP contribution in [0.5, 0.6) is 0 Å². The Bertz CT molecular complexity index is 706. The van der Waals surface area contributed by atoms with E-state index in [1.807, 2.05) is 44.2 Å². The third-order valence-electron chi connectivity index (χ3n) is 2.99. The van der Waals surface area contributed by atoms with Gasteiger partial charge in [-0.05, 0) is 25.0 Å². The van der Waals surface area contributed by atoms with E-state index < -0.39 is 11.3 Å². The smallest absolute Gasteiger partial charge is 0.321 e. The van der Waals surface area contributed by atoms with Crippen molar-refractivity contribution in [2.24, 2.45) is 5.92 Å². The first-order chi connectivity index (χ1) is 11.9. The number of carbonyl (C=O) groups excluding carboxylic acids is 2.